The van der Waals surface area contributed by atoms with E-state index in [0.717, 1.165) is 0 Å². The number of phenols is 1. The van der Waals surface area contributed by atoms with Gasteiger partial charge in [-0.1, -0.05) is 12.1 Å². The molecule has 0 amide bonds. The number of carbonyl (C=O) groups excluding carboxylic acids is 2. The van der Waals surface area contributed by atoms with E-state index in [1.165, 1.54) is 20.3 Å². The quantitative estimate of drug-likeness (QED) is 0.879. The van der Waals surface area contributed by atoms with Gasteiger partial charge >= 0.3 is 0 Å². The van der Waals surface area contributed by atoms with E-state index < -0.39 is 0 Å². The number of ketones is 2. The van der Waals surface area contributed by atoms with Crippen molar-refractivity contribution < 1.29 is 24.2 Å². The first-order valence-corrected chi connectivity index (χ1v) is 7.22. The first kappa shape index (κ1) is 15.1. The summed E-state index contributed by atoms with van der Waals surface area (Å²) in [6.45, 7) is 0. The third-order valence-corrected chi connectivity index (χ3v) is 4.05. The fraction of sp³-hybridized carbons (Fsp3) is 0.222. The van der Waals surface area contributed by atoms with Crippen molar-refractivity contribution in [3.8, 4) is 17.2 Å². The van der Waals surface area contributed by atoms with Crippen molar-refractivity contribution in [1.82, 2.24) is 0 Å². The topological polar surface area (TPSA) is 72.8 Å². The molecule has 23 heavy (non-hydrogen) atoms. The number of Topliss-reactive ketones (excluding diaryl/α,β-unsaturated/α-hetero) is 1. The van der Waals surface area contributed by atoms with Crippen molar-refractivity contribution >= 4 is 11.6 Å². The van der Waals surface area contributed by atoms with Crippen molar-refractivity contribution in [2.24, 2.45) is 0 Å². The number of carbonyl (C=O) groups is 2. The van der Waals surface area contributed by atoms with Gasteiger partial charge in [-0.2, -0.15) is 0 Å². The zero-order valence-corrected chi connectivity index (χ0v) is 12.9. The molecular weight excluding hydrogens is 296 g/mol. The number of para-hydroxylation sites is 1. The number of hydrogen-bond acceptors (Lipinski definition) is 5. The summed E-state index contributed by atoms with van der Waals surface area (Å²) in [6, 6.07) is 7.91. The third kappa shape index (κ3) is 2.34. The van der Waals surface area contributed by atoms with E-state index in [2.05, 4.69) is 0 Å². The van der Waals surface area contributed by atoms with Crippen LogP contribution in [-0.4, -0.2) is 30.9 Å². The fourth-order valence-corrected chi connectivity index (χ4v) is 2.96. The van der Waals surface area contributed by atoms with Gasteiger partial charge in [-0.3, -0.25) is 9.59 Å². The molecular formula is C18H16O5. The average Bonchev–Trinajstić information content (AvgIpc) is 2.95. The lowest BCUT2D eigenvalue weighted by Gasteiger charge is -2.15. The zero-order valence-electron chi connectivity index (χ0n) is 12.9. The molecule has 1 aliphatic rings. The molecule has 0 saturated heterocycles. The highest BCUT2D eigenvalue weighted by atomic mass is 16.5. The SMILES string of the molecule is COc1cc(C(=O)c2ccccc2O)c2c(c1OC)C(=O)CC2. The zero-order chi connectivity index (χ0) is 16.6. The molecule has 0 bridgehead atoms. The second kappa shape index (κ2) is 5.76. The van der Waals surface area contributed by atoms with Crippen LogP contribution in [0.3, 0.4) is 0 Å². The van der Waals surface area contributed by atoms with E-state index in [9.17, 15) is 14.7 Å². The molecule has 2 aromatic rings. The standard InChI is InChI=1S/C18H16O5/c1-22-15-9-12(17(21)11-5-3-4-6-13(11)19)10-7-8-14(20)16(10)18(15)23-2/h3-6,9,19H,7-8H2,1-2H3. The van der Waals surface area contributed by atoms with Gasteiger partial charge in [0.15, 0.2) is 23.1 Å². The molecule has 0 fully saturated rings. The molecule has 2 aromatic carbocycles. The van der Waals surface area contributed by atoms with Crippen LogP contribution in [0.1, 0.15) is 38.3 Å². The number of methoxy groups -OCH3 is 2. The molecule has 0 radical (unpaired) electrons. The van der Waals surface area contributed by atoms with Gasteiger partial charge in [0.2, 0.25) is 0 Å². The van der Waals surface area contributed by atoms with Gasteiger partial charge in [-0.05, 0) is 30.2 Å². The van der Waals surface area contributed by atoms with Crippen LogP contribution < -0.4 is 9.47 Å². The molecule has 0 spiro atoms. The summed E-state index contributed by atoms with van der Waals surface area (Å²) >= 11 is 0. The van der Waals surface area contributed by atoms with Gasteiger partial charge in [0.1, 0.15) is 5.75 Å². The van der Waals surface area contributed by atoms with Crippen LogP contribution in [0, 0.1) is 0 Å². The normalized spacial score (nSPS) is 12.9. The molecule has 118 valence electrons. The maximum absolute atomic E-state index is 12.8. The average molecular weight is 312 g/mol. The smallest absolute Gasteiger partial charge is 0.197 e. The Morgan fingerprint density at radius 2 is 1.83 bits per heavy atom. The van der Waals surface area contributed by atoms with Crippen molar-refractivity contribution in [1.29, 1.82) is 0 Å². The minimum absolute atomic E-state index is 0.0675. The van der Waals surface area contributed by atoms with E-state index in [1.54, 1.807) is 24.3 Å². The van der Waals surface area contributed by atoms with Gasteiger partial charge in [-0.15, -0.1) is 0 Å². The van der Waals surface area contributed by atoms with Gasteiger partial charge < -0.3 is 14.6 Å². The number of fused-ring (bicyclic) bond motifs is 1. The number of benzene rings is 2. The first-order valence-electron chi connectivity index (χ1n) is 7.22. The van der Waals surface area contributed by atoms with Gasteiger partial charge in [0.25, 0.3) is 0 Å². The molecule has 3 rings (SSSR count). The predicted octanol–water partition coefficient (Wildman–Crippen LogP) is 2.77. The molecule has 0 aliphatic heterocycles. The second-order valence-electron chi connectivity index (χ2n) is 5.28. The molecule has 1 aliphatic carbocycles. The summed E-state index contributed by atoms with van der Waals surface area (Å²) in [5, 5.41) is 9.93. The number of rotatable bonds is 4. The Kier molecular flexibility index (Phi) is 3.78. The first-order chi connectivity index (χ1) is 11.1. The number of hydrogen-bond donors (Lipinski definition) is 1. The van der Waals surface area contributed by atoms with E-state index in [0.29, 0.717) is 41.0 Å². The second-order valence-corrected chi connectivity index (χ2v) is 5.28. The molecule has 0 atom stereocenters. The number of phenolic OH excluding ortho intramolecular Hbond substituents is 1. The minimum atomic E-state index is -0.338. The Hall–Kier alpha value is -2.82. The molecule has 5 nitrogen and oxygen atoms in total. The Bertz CT molecular complexity index is 807. The lowest BCUT2D eigenvalue weighted by molar-refractivity contribution is 0.0990. The summed E-state index contributed by atoms with van der Waals surface area (Å²) < 4.78 is 10.6. The van der Waals surface area contributed by atoms with Crippen molar-refractivity contribution in [2.45, 2.75) is 12.8 Å². The van der Waals surface area contributed by atoms with Gasteiger partial charge in [0.05, 0.1) is 25.3 Å². The van der Waals surface area contributed by atoms with Crippen LogP contribution in [0.5, 0.6) is 17.2 Å². The number of ether oxygens (including phenoxy) is 2. The highest BCUT2D eigenvalue weighted by Crippen LogP contribution is 2.41. The fourth-order valence-electron chi connectivity index (χ4n) is 2.96. The third-order valence-electron chi connectivity index (χ3n) is 4.05. The van der Waals surface area contributed by atoms with E-state index >= 15 is 0 Å². The Labute approximate surface area is 133 Å². The van der Waals surface area contributed by atoms with Crippen LogP contribution in [0.4, 0.5) is 0 Å². The van der Waals surface area contributed by atoms with Crippen LogP contribution in [0.15, 0.2) is 30.3 Å². The lowest BCUT2D eigenvalue weighted by atomic mass is 9.94. The van der Waals surface area contributed by atoms with Crippen LogP contribution in [0.2, 0.25) is 0 Å². The van der Waals surface area contributed by atoms with Crippen molar-refractivity contribution in [2.75, 3.05) is 14.2 Å². The largest absolute Gasteiger partial charge is 0.507 e. The molecule has 5 heteroatoms. The van der Waals surface area contributed by atoms with Crippen molar-refractivity contribution in [3.05, 3.63) is 52.6 Å². The van der Waals surface area contributed by atoms with Crippen LogP contribution in [0.25, 0.3) is 0 Å². The van der Waals surface area contributed by atoms with Crippen LogP contribution in [-0.2, 0) is 6.42 Å². The Morgan fingerprint density at radius 3 is 2.48 bits per heavy atom. The van der Waals surface area contributed by atoms with Crippen molar-refractivity contribution in [3.63, 3.8) is 0 Å². The molecule has 0 aromatic heterocycles. The molecule has 1 N–H and O–H groups in total. The molecule has 0 unspecified atom stereocenters. The van der Waals surface area contributed by atoms with E-state index in [-0.39, 0.29) is 22.9 Å². The van der Waals surface area contributed by atoms with Gasteiger partial charge in [0, 0.05) is 12.0 Å². The summed E-state index contributed by atoms with van der Waals surface area (Å²) in [4.78, 5) is 25.0. The summed E-state index contributed by atoms with van der Waals surface area (Å²) in [7, 11) is 2.92. The highest BCUT2D eigenvalue weighted by molar-refractivity contribution is 6.15. The van der Waals surface area contributed by atoms with Gasteiger partial charge in [-0.25, -0.2) is 0 Å². The van der Waals surface area contributed by atoms with E-state index in [4.69, 9.17) is 9.47 Å². The summed E-state index contributed by atoms with van der Waals surface area (Å²) in [6.07, 6.45) is 0.809. The molecule has 0 heterocycles. The summed E-state index contributed by atoms with van der Waals surface area (Å²) in [5.74, 6) is 0.196. The summed E-state index contributed by atoms with van der Waals surface area (Å²) in [5.41, 5.74) is 1.62. The number of aromatic hydroxyl groups is 1. The molecule has 0 saturated carbocycles. The van der Waals surface area contributed by atoms with Crippen LogP contribution >= 0.6 is 0 Å². The Morgan fingerprint density at radius 1 is 1.09 bits per heavy atom. The Balaban J connectivity index is 2.23. The maximum atomic E-state index is 12.8. The highest BCUT2D eigenvalue weighted by Gasteiger charge is 2.32. The predicted molar refractivity (Wildman–Crippen MR) is 83.7 cm³/mol. The minimum Gasteiger partial charge on any atom is -0.507 e. The monoisotopic (exact) mass is 312 g/mol. The van der Waals surface area contributed by atoms with E-state index in [1.807, 2.05) is 0 Å². The maximum Gasteiger partial charge on any atom is 0.197 e. The lowest BCUT2D eigenvalue weighted by Crippen LogP contribution is -2.09.